The summed E-state index contributed by atoms with van der Waals surface area (Å²) in [7, 11) is 0. The van der Waals surface area contributed by atoms with Gasteiger partial charge in [-0.25, -0.2) is 0 Å². The lowest BCUT2D eigenvalue weighted by Gasteiger charge is -2.23. The molecule has 0 N–H and O–H groups in total. The van der Waals surface area contributed by atoms with E-state index in [4.69, 9.17) is 39.5 Å². The lowest BCUT2D eigenvalue weighted by atomic mass is 10.1. The molecule has 0 rings (SSSR count). The molecule has 0 aromatic carbocycles. The Morgan fingerprint density at radius 3 is 2.00 bits per heavy atom. The van der Waals surface area contributed by atoms with Gasteiger partial charge in [-0.2, -0.15) is 0 Å². The fourth-order valence-corrected chi connectivity index (χ4v) is 1.53. The number of ether oxygens (including phenoxy) is 1. The van der Waals surface area contributed by atoms with Crippen molar-refractivity contribution in [3.05, 3.63) is 0 Å². The number of carbonyl (C=O) groups is 1. The molecular weight excluding hydrogens is 246 g/mol. The Bertz CT molecular complexity index is 203. The van der Waals surface area contributed by atoms with E-state index in [1.54, 1.807) is 27.7 Å². The second kappa shape index (κ2) is 4.91. The van der Waals surface area contributed by atoms with Gasteiger partial charge in [0.1, 0.15) is 5.60 Å². The molecule has 0 aliphatic rings. The van der Waals surface area contributed by atoms with E-state index >= 15 is 0 Å². The van der Waals surface area contributed by atoms with Crippen LogP contribution in [-0.4, -0.2) is 15.4 Å². The van der Waals surface area contributed by atoms with Crippen LogP contribution in [0.1, 0.15) is 34.1 Å². The number of carbonyl (C=O) groups excluding carboxylic acids is 1. The fourth-order valence-electron chi connectivity index (χ4n) is 0.833. The van der Waals surface area contributed by atoms with Gasteiger partial charge in [0.05, 0.1) is 5.92 Å². The van der Waals surface area contributed by atoms with Crippen LogP contribution in [0, 0.1) is 5.92 Å². The van der Waals surface area contributed by atoms with Gasteiger partial charge in [0.15, 0.2) is 3.79 Å². The molecule has 0 aromatic heterocycles. The number of hydrogen-bond acceptors (Lipinski definition) is 2. The van der Waals surface area contributed by atoms with Gasteiger partial charge in [-0.05, 0) is 20.8 Å². The van der Waals surface area contributed by atoms with Crippen molar-refractivity contribution >= 4 is 40.8 Å². The Kier molecular flexibility index (Phi) is 5.03. The maximum atomic E-state index is 11.4. The molecule has 0 aromatic rings. The second-order valence-electron chi connectivity index (χ2n) is 4.25. The summed E-state index contributed by atoms with van der Waals surface area (Å²) in [5, 5.41) is 0. The summed E-state index contributed by atoms with van der Waals surface area (Å²) in [5.74, 6) is -0.759. The maximum absolute atomic E-state index is 11.4. The lowest BCUT2D eigenvalue weighted by molar-refractivity contribution is -0.159. The highest BCUT2D eigenvalue weighted by Crippen LogP contribution is 2.34. The lowest BCUT2D eigenvalue weighted by Crippen LogP contribution is -2.29. The zero-order valence-corrected chi connectivity index (χ0v) is 11.0. The van der Waals surface area contributed by atoms with Crippen molar-refractivity contribution in [3.8, 4) is 0 Å². The summed E-state index contributed by atoms with van der Waals surface area (Å²) in [6.45, 7) is 7.07. The van der Waals surface area contributed by atoms with E-state index in [9.17, 15) is 4.79 Å². The number of halogens is 3. The predicted octanol–water partition coefficient (Wildman–Crippen LogP) is 3.72. The number of alkyl halides is 3. The van der Waals surface area contributed by atoms with Gasteiger partial charge in [0.2, 0.25) is 0 Å². The fraction of sp³-hybridized carbons (Fsp3) is 0.889. The van der Waals surface area contributed by atoms with Crippen molar-refractivity contribution in [1.82, 2.24) is 0 Å². The molecule has 1 atom stereocenters. The molecule has 0 bridgehead atoms. The monoisotopic (exact) mass is 260 g/mol. The number of hydrogen-bond donors (Lipinski definition) is 0. The molecule has 84 valence electrons. The van der Waals surface area contributed by atoms with Crippen molar-refractivity contribution in [2.24, 2.45) is 5.92 Å². The summed E-state index contributed by atoms with van der Waals surface area (Å²) < 4.78 is 3.72. The zero-order valence-electron chi connectivity index (χ0n) is 8.73. The van der Waals surface area contributed by atoms with Crippen LogP contribution in [0.15, 0.2) is 0 Å². The molecule has 5 heteroatoms. The van der Waals surface area contributed by atoms with Crippen molar-refractivity contribution in [2.45, 2.75) is 43.5 Å². The minimum atomic E-state index is -1.41. The van der Waals surface area contributed by atoms with Crippen molar-refractivity contribution < 1.29 is 9.53 Å². The number of rotatable bonds is 2. The van der Waals surface area contributed by atoms with Crippen LogP contribution >= 0.6 is 34.8 Å². The van der Waals surface area contributed by atoms with Crippen LogP contribution in [-0.2, 0) is 9.53 Å². The molecule has 0 spiro atoms. The van der Waals surface area contributed by atoms with Crippen LogP contribution in [0.2, 0.25) is 0 Å². The highest BCUT2D eigenvalue weighted by molar-refractivity contribution is 6.67. The number of esters is 1. The molecule has 0 saturated carbocycles. The molecule has 0 aliphatic heterocycles. The van der Waals surface area contributed by atoms with E-state index in [1.165, 1.54) is 0 Å². The maximum Gasteiger partial charge on any atom is 0.309 e. The predicted molar refractivity (Wildman–Crippen MR) is 59.9 cm³/mol. The van der Waals surface area contributed by atoms with Gasteiger partial charge in [-0.15, -0.1) is 0 Å². The van der Waals surface area contributed by atoms with Crippen molar-refractivity contribution in [1.29, 1.82) is 0 Å². The second-order valence-corrected chi connectivity index (χ2v) is 6.77. The first-order valence-corrected chi connectivity index (χ1v) is 5.44. The Morgan fingerprint density at radius 1 is 1.29 bits per heavy atom. The average Bonchev–Trinajstić information content (AvgIpc) is 1.78. The highest BCUT2D eigenvalue weighted by atomic mass is 35.6. The van der Waals surface area contributed by atoms with E-state index in [0.717, 1.165) is 0 Å². The Labute approximate surface area is 99.8 Å². The van der Waals surface area contributed by atoms with Crippen LogP contribution in [0.25, 0.3) is 0 Å². The third-order valence-electron chi connectivity index (χ3n) is 1.35. The van der Waals surface area contributed by atoms with Gasteiger partial charge in [0.25, 0.3) is 0 Å². The van der Waals surface area contributed by atoms with Crippen LogP contribution in [0.5, 0.6) is 0 Å². The average molecular weight is 262 g/mol. The van der Waals surface area contributed by atoms with Crippen molar-refractivity contribution in [3.63, 3.8) is 0 Å². The minimum absolute atomic E-state index is 0.159. The molecule has 0 heterocycles. The summed E-state index contributed by atoms with van der Waals surface area (Å²) in [6.07, 6.45) is 0.159. The topological polar surface area (TPSA) is 26.3 Å². The molecule has 2 nitrogen and oxygen atoms in total. The molecule has 14 heavy (non-hydrogen) atoms. The van der Waals surface area contributed by atoms with Crippen LogP contribution < -0.4 is 0 Å². The van der Waals surface area contributed by atoms with E-state index < -0.39 is 15.3 Å². The van der Waals surface area contributed by atoms with E-state index in [1.807, 2.05) is 0 Å². The first-order valence-electron chi connectivity index (χ1n) is 4.31. The summed E-state index contributed by atoms with van der Waals surface area (Å²) in [6, 6.07) is 0. The zero-order chi connectivity index (χ0) is 11.6. The smallest absolute Gasteiger partial charge is 0.309 e. The van der Waals surface area contributed by atoms with E-state index in [0.29, 0.717) is 0 Å². The van der Waals surface area contributed by atoms with E-state index in [-0.39, 0.29) is 12.4 Å². The third kappa shape index (κ3) is 7.72. The quantitative estimate of drug-likeness (QED) is 0.559. The first-order chi connectivity index (χ1) is 6.01. The first kappa shape index (κ1) is 14.3. The molecule has 0 fully saturated rings. The molecule has 0 saturated heterocycles. The molecule has 1 unspecified atom stereocenters. The Morgan fingerprint density at radius 2 is 1.71 bits per heavy atom. The molecule has 0 aliphatic carbocycles. The van der Waals surface area contributed by atoms with Gasteiger partial charge in [-0.3, -0.25) is 4.79 Å². The van der Waals surface area contributed by atoms with Crippen molar-refractivity contribution in [2.75, 3.05) is 0 Å². The summed E-state index contributed by atoms with van der Waals surface area (Å²) >= 11 is 16.7. The highest BCUT2D eigenvalue weighted by Gasteiger charge is 2.29. The Hall–Kier alpha value is 0.340. The molecule has 0 amide bonds. The Balaban J connectivity index is 4.15. The standard InChI is InChI=1S/C9H15Cl3O2/c1-6(5-9(10,11)12)7(13)14-8(2,3)4/h6H,5H2,1-4H3. The van der Waals surface area contributed by atoms with Gasteiger partial charge in [-0.1, -0.05) is 41.7 Å². The molecule has 0 radical (unpaired) electrons. The van der Waals surface area contributed by atoms with Crippen LogP contribution in [0.3, 0.4) is 0 Å². The third-order valence-corrected chi connectivity index (χ3v) is 1.81. The largest absolute Gasteiger partial charge is 0.460 e. The minimum Gasteiger partial charge on any atom is -0.460 e. The summed E-state index contributed by atoms with van der Waals surface area (Å²) in [4.78, 5) is 11.4. The van der Waals surface area contributed by atoms with Gasteiger partial charge in [0, 0.05) is 6.42 Å². The normalized spacial score (nSPS) is 15.1. The van der Waals surface area contributed by atoms with Crippen LogP contribution in [0.4, 0.5) is 0 Å². The van der Waals surface area contributed by atoms with Gasteiger partial charge >= 0.3 is 5.97 Å². The SMILES string of the molecule is CC(CC(Cl)(Cl)Cl)C(=O)OC(C)(C)C. The summed E-state index contributed by atoms with van der Waals surface area (Å²) in [5.41, 5.74) is -0.501. The van der Waals surface area contributed by atoms with E-state index in [2.05, 4.69) is 0 Å². The van der Waals surface area contributed by atoms with Gasteiger partial charge < -0.3 is 4.74 Å². The molecular formula is C9H15Cl3O2.